The summed E-state index contributed by atoms with van der Waals surface area (Å²) in [5, 5.41) is 4.58. The molecule has 0 unspecified atom stereocenters. The van der Waals surface area contributed by atoms with Crippen LogP contribution in [0.2, 0.25) is 0 Å². The van der Waals surface area contributed by atoms with Crippen LogP contribution >= 0.6 is 0 Å². The smallest absolute Gasteiger partial charge is 0.126 e. The van der Waals surface area contributed by atoms with E-state index in [0.29, 0.717) is 0 Å². The Hall–Kier alpha value is -3.27. The van der Waals surface area contributed by atoms with Gasteiger partial charge in [0.25, 0.3) is 0 Å². The molecule has 0 aliphatic carbocycles. The first-order valence-corrected chi connectivity index (χ1v) is 8.91. The van der Waals surface area contributed by atoms with Crippen LogP contribution in [0.25, 0.3) is 10.9 Å². The van der Waals surface area contributed by atoms with Crippen LogP contribution in [-0.2, 0) is 0 Å². The summed E-state index contributed by atoms with van der Waals surface area (Å²) in [7, 11) is 0. The number of nitrogens with zero attached hydrogens (tertiary/aromatic N) is 2. The van der Waals surface area contributed by atoms with Gasteiger partial charge in [-0.15, -0.1) is 0 Å². The number of halogens is 1. The van der Waals surface area contributed by atoms with Crippen molar-refractivity contribution in [1.29, 1.82) is 0 Å². The molecular weight excluding hydrogens is 337 g/mol. The first kappa shape index (κ1) is 17.2. The minimum atomic E-state index is -0.248. The monoisotopic (exact) mass is 357 g/mol. The lowest BCUT2D eigenvalue weighted by molar-refractivity contribution is 0.626. The third-order valence-corrected chi connectivity index (χ3v) is 4.57. The highest BCUT2D eigenvalue weighted by Crippen LogP contribution is 2.28. The molecule has 0 radical (unpaired) electrons. The Labute approximate surface area is 157 Å². The number of anilines is 1. The van der Waals surface area contributed by atoms with E-state index in [1.165, 1.54) is 12.1 Å². The molecule has 4 rings (SSSR count). The van der Waals surface area contributed by atoms with E-state index in [0.717, 1.165) is 39.2 Å². The average Bonchev–Trinajstić information content (AvgIpc) is 2.66. The van der Waals surface area contributed by atoms with E-state index in [2.05, 4.69) is 39.6 Å². The van der Waals surface area contributed by atoms with Crippen LogP contribution in [0.5, 0.6) is 0 Å². The molecule has 2 heterocycles. The maximum absolute atomic E-state index is 13.4. The van der Waals surface area contributed by atoms with Crippen LogP contribution in [0.3, 0.4) is 0 Å². The van der Waals surface area contributed by atoms with Crippen LogP contribution in [-0.4, -0.2) is 9.97 Å². The molecule has 2 aromatic carbocycles. The van der Waals surface area contributed by atoms with E-state index >= 15 is 0 Å². The fraction of sp³-hybridized carbons (Fsp3) is 0.130. The van der Waals surface area contributed by atoms with Gasteiger partial charge in [0.05, 0.1) is 11.6 Å². The summed E-state index contributed by atoms with van der Waals surface area (Å²) in [5.74, 6) is 0.531. The highest BCUT2D eigenvalue weighted by Gasteiger charge is 2.16. The Bertz CT molecular complexity index is 1090. The number of pyridine rings is 2. The predicted octanol–water partition coefficient (Wildman–Crippen LogP) is 5.59. The zero-order chi connectivity index (χ0) is 18.8. The van der Waals surface area contributed by atoms with Crippen molar-refractivity contribution in [2.45, 2.75) is 19.9 Å². The molecule has 0 saturated heterocycles. The van der Waals surface area contributed by atoms with E-state index in [1.807, 2.05) is 38.1 Å². The lowest BCUT2D eigenvalue weighted by atomic mass is 9.97. The molecule has 3 nitrogen and oxygen atoms in total. The Kier molecular flexibility index (Phi) is 4.55. The number of fused-ring (bicyclic) bond motifs is 1. The number of benzene rings is 2. The van der Waals surface area contributed by atoms with E-state index in [9.17, 15) is 4.39 Å². The van der Waals surface area contributed by atoms with E-state index in [-0.39, 0.29) is 11.9 Å². The van der Waals surface area contributed by atoms with E-state index < -0.39 is 0 Å². The molecule has 0 bridgehead atoms. The number of rotatable bonds is 4. The fourth-order valence-corrected chi connectivity index (χ4v) is 3.20. The first-order chi connectivity index (χ1) is 13.1. The normalized spacial score (nSPS) is 12.1. The number of hydrogen-bond donors (Lipinski definition) is 1. The molecule has 0 amide bonds. The molecule has 0 aliphatic heterocycles. The number of aryl methyl sites for hydroxylation is 2. The van der Waals surface area contributed by atoms with Crippen molar-refractivity contribution < 1.29 is 4.39 Å². The van der Waals surface area contributed by atoms with Crippen LogP contribution in [0.15, 0.2) is 72.8 Å². The maximum Gasteiger partial charge on any atom is 0.126 e. The maximum atomic E-state index is 13.4. The van der Waals surface area contributed by atoms with Crippen molar-refractivity contribution in [3.8, 4) is 0 Å². The molecule has 4 aromatic rings. The van der Waals surface area contributed by atoms with Crippen LogP contribution in [0.1, 0.15) is 28.6 Å². The lowest BCUT2D eigenvalue weighted by Gasteiger charge is -2.21. The molecule has 0 fully saturated rings. The lowest BCUT2D eigenvalue weighted by Crippen LogP contribution is -2.13. The van der Waals surface area contributed by atoms with Crippen molar-refractivity contribution in [3.05, 3.63) is 101 Å². The Morgan fingerprint density at radius 3 is 2.26 bits per heavy atom. The van der Waals surface area contributed by atoms with Crippen molar-refractivity contribution in [2.75, 3.05) is 5.32 Å². The van der Waals surface area contributed by atoms with Crippen LogP contribution < -0.4 is 5.32 Å². The molecule has 1 atom stereocenters. The molecule has 2 aromatic heterocycles. The zero-order valence-electron chi connectivity index (χ0n) is 15.3. The van der Waals surface area contributed by atoms with Gasteiger partial charge in [-0.1, -0.05) is 36.4 Å². The quantitative estimate of drug-likeness (QED) is 0.517. The van der Waals surface area contributed by atoms with Gasteiger partial charge in [0.1, 0.15) is 11.6 Å². The van der Waals surface area contributed by atoms with Gasteiger partial charge in [0.2, 0.25) is 0 Å². The largest absolute Gasteiger partial charge is 0.359 e. The minimum absolute atomic E-state index is 0.161. The molecule has 1 N–H and O–H groups in total. The molecule has 27 heavy (non-hydrogen) atoms. The van der Waals surface area contributed by atoms with Gasteiger partial charge in [-0.2, -0.15) is 0 Å². The number of hydrogen-bond acceptors (Lipinski definition) is 3. The van der Waals surface area contributed by atoms with Crippen molar-refractivity contribution in [1.82, 2.24) is 9.97 Å². The van der Waals surface area contributed by atoms with Gasteiger partial charge in [0.15, 0.2) is 0 Å². The second-order valence-corrected chi connectivity index (χ2v) is 6.70. The topological polar surface area (TPSA) is 37.8 Å². The molecule has 134 valence electrons. The van der Waals surface area contributed by atoms with Gasteiger partial charge >= 0.3 is 0 Å². The van der Waals surface area contributed by atoms with Crippen LogP contribution in [0, 0.1) is 19.7 Å². The van der Waals surface area contributed by atoms with Gasteiger partial charge < -0.3 is 5.32 Å². The Morgan fingerprint density at radius 1 is 0.778 bits per heavy atom. The SMILES string of the molecule is Cc1cccc(N[C@H](c2ccc(F)cc2)c2ccc3ccc(C)nc3c2)n1. The van der Waals surface area contributed by atoms with Crippen molar-refractivity contribution in [3.63, 3.8) is 0 Å². The molecule has 0 aliphatic rings. The summed E-state index contributed by atoms with van der Waals surface area (Å²) < 4.78 is 13.4. The number of aromatic nitrogens is 2. The number of nitrogens with one attached hydrogen (secondary N) is 1. The van der Waals surface area contributed by atoms with Crippen molar-refractivity contribution >= 4 is 16.7 Å². The second-order valence-electron chi connectivity index (χ2n) is 6.70. The average molecular weight is 357 g/mol. The Morgan fingerprint density at radius 2 is 1.48 bits per heavy atom. The van der Waals surface area contributed by atoms with E-state index in [1.54, 1.807) is 12.1 Å². The summed E-state index contributed by atoms with van der Waals surface area (Å²) in [6.07, 6.45) is 0. The molecule has 0 spiro atoms. The summed E-state index contributed by atoms with van der Waals surface area (Å²) in [6, 6.07) is 22.6. The standard InChI is InChI=1S/C23H20FN3/c1-15-4-3-5-22(26-15)27-23(18-10-12-20(24)13-11-18)19-9-8-17-7-6-16(2)25-21(17)14-19/h3-14,23H,1-2H3,(H,26,27)/t23-/m1/s1. The predicted molar refractivity (Wildman–Crippen MR) is 107 cm³/mol. The molecule has 0 saturated carbocycles. The van der Waals surface area contributed by atoms with E-state index in [4.69, 9.17) is 0 Å². The fourth-order valence-electron chi connectivity index (χ4n) is 3.20. The zero-order valence-corrected chi connectivity index (χ0v) is 15.3. The van der Waals surface area contributed by atoms with Gasteiger partial charge in [-0.25, -0.2) is 9.37 Å². The third-order valence-electron chi connectivity index (χ3n) is 4.57. The van der Waals surface area contributed by atoms with Crippen molar-refractivity contribution in [2.24, 2.45) is 0 Å². The third kappa shape index (κ3) is 3.80. The van der Waals surface area contributed by atoms with Crippen LogP contribution in [0.4, 0.5) is 10.2 Å². The molecular formula is C23H20FN3. The summed E-state index contributed by atoms with van der Waals surface area (Å²) >= 11 is 0. The molecule has 4 heteroatoms. The van der Waals surface area contributed by atoms with Gasteiger partial charge in [-0.05, 0) is 61.4 Å². The van der Waals surface area contributed by atoms with Gasteiger partial charge in [-0.3, -0.25) is 4.98 Å². The summed E-state index contributed by atoms with van der Waals surface area (Å²) in [6.45, 7) is 3.94. The Balaban J connectivity index is 1.80. The highest BCUT2D eigenvalue weighted by atomic mass is 19.1. The highest BCUT2D eigenvalue weighted by molar-refractivity contribution is 5.79. The summed E-state index contributed by atoms with van der Waals surface area (Å²) in [4.78, 5) is 9.20. The first-order valence-electron chi connectivity index (χ1n) is 8.91. The summed E-state index contributed by atoms with van der Waals surface area (Å²) in [5.41, 5.74) is 4.88. The minimum Gasteiger partial charge on any atom is -0.359 e. The second kappa shape index (κ2) is 7.16. The van der Waals surface area contributed by atoms with Gasteiger partial charge in [0, 0.05) is 16.8 Å².